The number of nitrogens with one attached hydrogen (secondary N) is 1. The van der Waals surface area contributed by atoms with Gasteiger partial charge in [0.05, 0.1) is 35.2 Å². The zero-order valence-corrected chi connectivity index (χ0v) is 27.5. The van der Waals surface area contributed by atoms with Gasteiger partial charge in [0.15, 0.2) is 17.3 Å². The van der Waals surface area contributed by atoms with E-state index in [4.69, 9.17) is 21.3 Å². The van der Waals surface area contributed by atoms with Gasteiger partial charge in [0.25, 0.3) is 11.5 Å². The first-order valence-corrected chi connectivity index (χ1v) is 16.1. The van der Waals surface area contributed by atoms with Crippen LogP contribution in [0.3, 0.4) is 0 Å². The lowest BCUT2D eigenvalue weighted by Gasteiger charge is -2.36. The number of halogens is 5. The highest BCUT2D eigenvalue weighted by Crippen LogP contribution is 2.33. The molecule has 0 saturated carbocycles. The highest BCUT2D eigenvalue weighted by molar-refractivity contribution is 6.33. The number of carbonyl (C=O) groups is 2. The summed E-state index contributed by atoms with van der Waals surface area (Å²) in [5, 5.41) is 16.6. The number of aromatic nitrogens is 5. The summed E-state index contributed by atoms with van der Waals surface area (Å²) in [4.78, 5) is 50.9. The minimum Gasteiger partial charge on any atom is -0.503 e. The number of aryl methyl sites for hydroxylation is 2. The summed E-state index contributed by atoms with van der Waals surface area (Å²) in [7, 11) is 0. The topological polar surface area (TPSA) is 150 Å². The van der Waals surface area contributed by atoms with Crippen LogP contribution in [-0.2, 0) is 28.7 Å². The molecule has 6 heterocycles. The standard InChI is InChI=1S/C23H27FN8O4.C8H5ClF3NO/c1-14-13-15(24)19(33)17(25-14)20(34)29-7-5-28(6-8-29)18-16-3-2-4-31(16)23-26-22(27-32(23)21(18)35)30-9-11-36-12-10-30;9-6-3-5(8(10,11)12)1-2-7(6)13-4-14/h13,33H,2-12H2,1H3;1-4H,(H,13,14). The molecule has 0 aliphatic carbocycles. The van der Waals surface area contributed by atoms with Gasteiger partial charge in [0.1, 0.15) is 5.69 Å². The number of pyridine rings is 1. The molecule has 3 aliphatic rings. The van der Waals surface area contributed by atoms with Crippen LogP contribution >= 0.6 is 11.6 Å². The summed E-state index contributed by atoms with van der Waals surface area (Å²) in [6.45, 7) is 6.33. The van der Waals surface area contributed by atoms with Crippen LogP contribution in [0.1, 0.15) is 33.9 Å². The third kappa shape index (κ3) is 6.89. The van der Waals surface area contributed by atoms with Crippen molar-refractivity contribution in [1.82, 2.24) is 29.0 Å². The number of hydrogen-bond donors (Lipinski definition) is 2. The molecule has 3 aromatic heterocycles. The number of benzene rings is 1. The number of hydrogen-bond acceptors (Lipinski definition) is 10. The fourth-order valence-corrected chi connectivity index (χ4v) is 6.35. The molecule has 1 aromatic carbocycles. The number of alkyl halides is 3. The molecule has 2 N–H and O–H groups in total. The normalized spacial score (nSPS) is 16.2. The van der Waals surface area contributed by atoms with Crippen LogP contribution in [0.4, 0.5) is 34.9 Å². The maximum Gasteiger partial charge on any atom is 0.416 e. The molecular weight excluding hydrogens is 690 g/mol. The molecule has 0 unspecified atom stereocenters. The summed E-state index contributed by atoms with van der Waals surface area (Å²) in [6.07, 6.45) is -2.41. The van der Waals surface area contributed by atoms with Crippen LogP contribution in [0.2, 0.25) is 5.02 Å². The van der Waals surface area contributed by atoms with Crippen LogP contribution in [0.25, 0.3) is 5.78 Å². The molecule has 0 atom stereocenters. The largest absolute Gasteiger partial charge is 0.503 e. The Hall–Kier alpha value is -4.97. The van der Waals surface area contributed by atoms with Crippen molar-refractivity contribution >= 4 is 47.0 Å². The first-order valence-electron chi connectivity index (χ1n) is 15.7. The van der Waals surface area contributed by atoms with Gasteiger partial charge in [-0.25, -0.2) is 9.37 Å². The second kappa shape index (κ2) is 14.1. The van der Waals surface area contributed by atoms with Gasteiger partial charge < -0.3 is 34.4 Å². The summed E-state index contributed by atoms with van der Waals surface area (Å²) in [5.74, 6) is -1.06. The Kier molecular flexibility index (Phi) is 9.84. The Bertz CT molecular complexity index is 1990. The Balaban J connectivity index is 0.000000261. The van der Waals surface area contributed by atoms with Crippen LogP contribution in [-0.4, -0.2) is 99.0 Å². The molecule has 0 radical (unpaired) electrons. The highest BCUT2D eigenvalue weighted by atomic mass is 35.5. The fraction of sp³-hybridized carbons (Fsp3) is 0.419. The quantitative estimate of drug-likeness (QED) is 0.233. The zero-order valence-electron chi connectivity index (χ0n) is 26.7. The van der Waals surface area contributed by atoms with Crippen molar-refractivity contribution < 1.29 is 37.0 Å². The van der Waals surface area contributed by atoms with Crippen molar-refractivity contribution in [1.29, 1.82) is 0 Å². The smallest absolute Gasteiger partial charge is 0.416 e. The summed E-state index contributed by atoms with van der Waals surface area (Å²) in [6, 6.07) is 3.79. The average molecular weight is 722 g/mol. The van der Waals surface area contributed by atoms with Gasteiger partial charge in [-0.3, -0.25) is 14.4 Å². The van der Waals surface area contributed by atoms with Crippen molar-refractivity contribution in [3.8, 4) is 5.75 Å². The Labute approximate surface area is 286 Å². The number of anilines is 3. The predicted molar refractivity (Wildman–Crippen MR) is 173 cm³/mol. The molecule has 0 spiro atoms. The van der Waals surface area contributed by atoms with E-state index in [-0.39, 0.29) is 22.0 Å². The summed E-state index contributed by atoms with van der Waals surface area (Å²) >= 11 is 5.49. The minimum atomic E-state index is -4.43. The molecule has 7 rings (SSSR count). The molecule has 3 aliphatic heterocycles. The van der Waals surface area contributed by atoms with E-state index < -0.39 is 29.2 Å². The van der Waals surface area contributed by atoms with Crippen LogP contribution < -0.4 is 20.7 Å². The summed E-state index contributed by atoms with van der Waals surface area (Å²) < 4.78 is 59.2. The number of morpholine rings is 1. The van der Waals surface area contributed by atoms with E-state index >= 15 is 0 Å². The second-order valence-corrected chi connectivity index (χ2v) is 12.2. The van der Waals surface area contributed by atoms with Gasteiger partial charge in [-0.1, -0.05) is 11.6 Å². The maximum atomic E-state index is 13.9. The number of carbonyl (C=O) groups excluding carboxylic acids is 2. The number of aromatic hydroxyl groups is 1. The third-order valence-corrected chi connectivity index (χ3v) is 8.89. The van der Waals surface area contributed by atoms with E-state index in [1.54, 1.807) is 6.92 Å². The van der Waals surface area contributed by atoms with E-state index in [0.717, 1.165) is 49.3 Å². The Morgan fingerprint density at radius 3 is 2.42 bits per heavy atom. The van der Waals surface area contributed by atoms with Crippen molar-refractivity contribution in [2.24, 2.45) is 0 Å². The number of amides is 2. The number of rotatable bonds is 5. The van der Waals surface area contributed by atoms with E-state index in [0.29, 0.717) is 82.0 Å². The maximum absolute atomic E-state index is 13.9. The van der Waals surface area contributed by atoms with Gasteiger partial charge in [0.2, 0.25) is 18.1 Å². The second-order valence-electron chi connectivity index (χ2n) is 11.8. The lowest BCUT2D eigenvalue weighted by molar-refractivity contribution is -0.137. The zero-order chi connectivity index (χ0) is 35.7. The molecular formula is C31H32ClF4N9O5. The molecule has 50 heavy (non-hydrogen) atoms. The van der Waals surface area contributed by atoms with E-state index in [2.05, 4.69) is 20.0 Å². The monoisotopic (exact) mass is 721 g/mol. The fourth-order valence-electron chi connectivity index (χ4n) is 6.12. The van der Waals surface area contributed by atoms with Crippen molar-refractivity contribution in [2.45, 2.75) is 32.5 Å². The number of fused-ring (bicyclic) bond motifs is 3. The van der Waals surface area contributed by atoms with Crippen LogP contribution in [0, 0.1) is 12.7 Å². The molecule has 2 saturated heterocycles. The van der Waals surface area contributed by atoms with Crippen molar-refractivity contribution in [3.63, 3.8) is 0 Å². The number of piperazine rings is 1. The summed E-state index contributed by atoms with van der Waals surface area (Å²) in [5.41, 5.74) is 0.634. The van der Waals surface area contributed by atoms with E-state index in [1.165, 1.54) is 9.42 Å². The Morgan fingerprint density at radius 2 is 1.76 bits per heavy atom. The molecule has 0 bridgehead atoms. The minimum absolute atomic E-state index is 0.146. The third-order valence-electron chi connectivity index (χ3n) is 8.57. The molecule has 2 fully saturated rings. The lowest BCUT2D eigenvalue weighted by Crippen LogP contribution is -2.50. The predicted octanol–water partition coefficient (Wildman–Crippen LogP) is 3.11. The SMILES string of the molecule is Cc1cc(F)c(O)c(C(=O)N2CCN(c3c4n(c5nc(N6CCOCC6)nn5c3=O)CCC4)CC2)n1.O=CNc1ccc(C(F)(F)F)cc1Cl. The van der Waals surface area contributed by atoms with Gasteiger partial charge in [0, 0.05) is 51.5 Å². The molecule has 266 valence electrons. The molecule has 19 heteroatoms. The Morgan fingerprint density at radius 1 is 1.04 bits per heavy atom. The van der Waals surface area contributed by atoms with E-state index in [1.807, 2.05) is 9.80 Å². The van der Waals surface area contributed by atoms with Crippen LogP contribution in [0.15, 0.2) is 29.1 Å². The molecule has 4 aromatic rings. The lowest BCUT2D eigenvalue weighted by atomic mass is 10.2. The van der Waals surface area contributed by atoms with Crippen LogP contribution in [0.5, 0.6) is 5.75 Å². The first kappa shape index (κ1) is 34.9. The van der Waals surface area contributed by atoms with Gasteiger partial charge in [-0.2, -0.15) is 22.7 Å². The van der Waals surface area contributed by atoms with Gasteiger partial charge in [-0.05, 0) is 44.0 Å². The van der Waals surface area contributed by atoms with Crippen molar-refractivity contribution in [2.75, 3.05) is 67.6 Å². The van der Waals surface area contributed by atoms with E-state index in [9.17, 15) is 37.1 Å². The average Bonchev–Trinajstić information content (AvgIpc) is 3.76. The van der Waals surface area contributed by atoms with Crippen molar-refractivity contribution in [3.05, 3.63) is 68.1 Å². The van der Waals surface area contributed by atoms with Gasteiger partial charge >= 0.3 is 6.18 Å². The van der Waals surface area contributed by atoms with Gasteiger partial charge in [-0.15, -0.1) is 5.10 Å². The molecule has 14 nitrogen and oxygen atoms in total. The highest BCUT2D eigenvalue weighted by Gasteiger charge is 2.33. The first-order chi connectivity index (χ1) is 23.9. The molecule has 2 amide bonds. The number of nitrogens with zero attached hydrogens (tertiary/aromatic N) is 8. The number of ether oxygens (including phenoxy) is 1.